The molecule has 3 N–H and O–H groups in total. The van der Waals surface area contributed by atoms with E-state index in [4.69, 9.17) is 14.8 Å². The first-order valence-corrected chi connectivity index (χ1v) is 15.8. The lowest BCUT2D eigenvalue weighted by molar-refractivity contribution is -0.180. The number of aliphatic hydroxyl groups is 2. The van der Waals surface area contributed by atoms with Gasteiger partial charge < -0.3 is 20.0 Å². The van der Waals surface area contributed by atoms with Crippen molar-refractivity contribution < 1.29 is 19.4 Å². The van der Waals surface area contributed by atoms with Gasteiger partial charge in [0.25, 0.3) is 0 Å². The van der Waals surface area contributed by atoms with Crippen LogP contribution in [-0.2, 0) is 11.2 Å². The molecule has 4 aliphatic carbocycles. The quantitative estimate of drug-likeness (QED) is 0.283. The number of fused-ring (bicyclic) bond motifs is 6. The number of para-hydroxylation sites is 3. The Labute approximate surface area is 252 Å². The summed E-state index contributed by atoms with van der Waals surface area (Å²) in [5, 5.41) is 32.3. The number of oxazole rings is 1. The molecule has 0 amide bonds. The van der Waals surface area contributed by atoms with Crippen LogP contribution in [0.1, 0.15) is 64.7 Å². The number of aromatic nitrogens is 1. The molecular formula is C36H41N3O4. The fraction of sp³-hybridized carbons (Fsp3) is 0.500. The van der Waals surface area contributed by atoms with Crippen LogP contribution in [0.15, 0.2) is 75.7 Å². The summed E-state index contributed by atoms with van der Waals surface area (Å²) in [6.07, 6.45) is 7.72. The predicted molar refractivity (Wildman–Crippen MR) is 167 cm³/mol. The lowest BCUT2D eigenvalue weighted by Crippen LogP contribution is -2.62. The number of ketones is 1. The van der Waals surface area contributed by atoms with Crippen molar-refractivity contribution in [2.45, 2.75) is 76.9 Å². The van der Waals surface area contributed by atoms with E-state index in [0.717, 1.165) is 42.6 Å². The van der Waals surface area contributed by atoms with E-state index in [2.05, 4.69) is 18.0 Å². The first-order valence-electron chi connectivity index (χ1n) is 15.8. The minimum absolute atomic E-state index is 0.0171. The molecule has 2 aromatic carbocycles. The van der Waals surface area contributed by atoms with Gasteiger partial charge in [0.15, 0.2) is 17.3 Å². The Morgan fingerprint density at radius 2 is 1.88 bits per heavy atom. The van der Waals surface area contributed by atoms with Crippen LogP contribution >= 0.6 is 0 Å². The van der Waals surface area contributed by atoms with Gasteiger partial charge in [0, 0.05) is 36.1 Å². The molecule has 1 heterocycles. The monoisotopic (exact) mass is 579 g/mol. The van der Waals surface area contributed by atoms with Crippen LogP contribution in [-0.4, -0.2) is 44.6 Å². The van der Waals surface area contributed by atoms with Gasteiger partial charge in [-0.25, -0.2) is 4.98 Å². The molecule has 0 radical (unpaired) electrons. The lowest BCUT2D eigenvalue weighted by Gasteiger charge is -2.61. The Hall–Kier alpha value is -3.42. The van der Waals surface area contributed by atoms with Gasteiger partial charge in [-0.2, -0.15) is 0 Å². The molecule has 224 valence electrons. The fourth-order valence-corrected chi connectivity index (χ4v) is 9.65. The number of nitrogens with one attached hydrogen (secondary N) is 1. The number of allylic oxidation sites excluding steroid dienone is 2. The van der Waals surface area contributed by atoms with Gasteiger partial charge in [-0.05, 0) is 92.0 Å². The highest BCUT2D eigenvalue weighted by Crippen LogP contribution is 2.68. The van der Waals surface area contributed by atoms with Crippen LogP contribution in [0.5, 0.6) is 0 Å². The van der Waals surface area contributed by atoms with Crippen molar-refractivity contribution in [3.8, 4) is 0 Å². The number of rotatable bonds is 6. The van der Waals surface area contributed by atoms with Gasteiger partial charge >= 0.3 is 0 Å². The zero-order chi connectivity index (χ0) is 30.0. The average Bonchev–Trinajstić information content (AvgIpc) is 3.54. The molecule has 4 aliphatic rings. The molecule has 3 saturated carbocycles. The average molecular weight is 580 g/mol. The van der Waals surface area contributed by atoms with Crippen LogP contribution in [0.2, 0.25) is 0 Å². The standard InChI is InChI=1S/C36H41N3O4/c1-34-19-22(21-37)28(38-24-8-4-3-5-9-24)18-23(34)12-13-25-26-16-17-36(42,35(26,2)20-29(40)33(25)34)31(41)14-15-32-39-27-10-6-7-11-30(27)43-32/h3-11,18,21-22,25-26,29,33,37,40,42H,12-17,19-20H2,1-2H3. The van der Waals surface area contributed by atoms with Crippen molar-refractivity contribution in [1.29, 1.82) is 5.41 Å². The van der Waals surface area contributed by atoms with Gasteiger partial charge in [0.1, 0.15) is 11.1 Å². The molecule has 0 spiro atoms. The number of aliphatic hydroxyl groups excluding tert-OH is 1. The molecule has 0 bridgehead atoms. The third-order valence-electron chi connectivity index (χ3n) is 11.7. The molecule has 0 saturated heterocycles. The molecule has 8 atom stereocenters. The summed E-state index contributed by atoms with van der Waals surface area (Å²) in [7, 11) is 0. The molecule has 7 rings (SSSR count). The Balaban J connectivity index is 1.14. The Morgan fingerprint density at radius 3 is 2.65 bits per heavy atom. The Morgan fingerprint density at radius 1 is 1.12 bits per heavy atom. The van der Waals surface area contributed by atoms with Crippen LogP contribution in [0, 0.1) is 39.9 Å². The molecule has 0 aliphatic heterocycles. The number of carbonyl (C=O) groups excluding carboxylic acids is 1. The number of aliphatic imine (C=N–C) groups is 1. The maximum absolute atomic E-state index is 13.8. The molecule has 1 aromatic heterocycles. The SMILES string of the molecule is CC12CC(C=N)C(=Nc3ccccc3)C=C1CCC1C2C(O)CC2(C)C1CCC2(O)C(=O)CCc1nc2ccccc2o1. The van der Waals surface area contributed by atoms with Gasteiger partial charge in [0.2, 0.25) is 0 Å². The maximum Gasteiger partial charge on any atom is 0.195 e. The normalized spacial score (nSPS) is 37.8. The van der Waals surface area contributed by atoms with Crippen LogP contribution in [0.4, 0.5) is 5.69 Å². The van der Waals surface area contributed by atoms with Crippen molar-refractivity contribution >= 4 is 34.5 Å². The molecule has 8 unspecified atom stereocenters. The highest BCUT2D eigenvalue weighted by atomic mass is 16.3. The van der Waals surface area contributed by atoms with Crippen molar-refractivity contribution in [1.82, 2.24) is 4.98 Å². The molecule has 7 nitrogen and oxygen atoms in total. The smallest absolute Gasteiger partial charge is 0.195 e. The van der Waals surface area contributed by atoms with Crippen LogP contribution in [0.25, 0.3) is 11.1 Å². The number of hydrogen-bond acceptors (Lipinski definition) is 7. The van der Waals surface area contributed by atoms with Crippen molar-refractivity contribution in [3.05, 3.63) is 72.1 Å². The highest BCUT2D eigenvalue weighted by molar-refractivity contribution is 6.07. The highest BCUT2D eigenvalue weighted by Gasteiger charge is 2.68. The van der Waals surface area contributed by atoms with E-state index >= 15 is 0 Å². The molecule has 3 fully saturated rings. The van der Waals surface area contributed by atoms with Crippen LogP contribution < -0.4 is 0 Å². The fourth-order valence-electron chi connectivity index (χ4n) is 9.65. The van der Waals surface area contributed by atoms with Crippen molar-refractivity contribution in [3.63, 3.8) is 0 Å². The number of benzene rings is 2. The topological polar surface area (TPSA) is 120 Å². The third-order valence-corrected chi connectivity index (χ3v) is 11.7. The number of aryl methyl sites for hydroxylation is 1. The number of nitrogens with zero attached hydrogens (tertiary/aromatic N) is 2. The van der Waals surface area contributed by atoms with Gasteiger partial charge in [0.05, 0.1) is 11.8 Å². The molecule has 3 aromatic rings. The minimum Gasteiger partial charge on any atom is -0.441 e. The van der Waals surface area contributed by atoms with E-state index in [0.29, 0.717) is 30.7 Å². The molecular weight excluding hydrogens is 538 g/mol. The molecule has 7 heteroatoms. The summed E-state index contributed by atoms with van der Waals surface area (Å²) in [5.74, 6) is 0.584. The summed E-state index contributed by atoms with van der Waals surface area (Å²) < 4.78 is 5.84. The summed E-state index contributed by atoms with van der Waals surface area (Å²) in [6, 6.07) is 17.4. The molecule has 43 heavy (non-hydrogen) atoms. The van der Waals surface area contributed by atoms with Gasteiger partial charge in [-0.1, -0.05) is 49.8 Å². The second-order valence-corrected chi connectivity index (χ2v) is 13.9. The minimum atomic E-state index is -1.48. The third kappa shape index (κ3) is 4.38. The van der Waals surface area contributed by atoms with E-state index in [9.17, 15) is 15.0 Å². The first-order chi connectivity index (χ1) is 20.7. The summed E-state index contributed by atoms with van der Waals surface area (Å²) in [6.45, 7) is 4.31. The predicted octanol–water partition coefficient (Wildman–Crippen LogP) is 6.64. The zero-order valence-corrected chi connectivity index (χ0v) is 25.0. The van der Waals surface area contributed by atoms with Crippen molar-refractivity contribution in [2.75, 3.05) is 0 Å². The Kier molecular flexibility index (Phi) is 6.82. The van der Waals surface area contributed by atoms with E-state index in [1.807, 2.05) is 61.5 Å². The lowest BCUT2D eigenvalue weighted by atomic mass is 9.44. The van der Waals surface area contributed by atoms with Gasteiger partial charge in [-0.15, -0.1) is 0 Å². The van der Waals surface area contributed by atoms with Gasteiger partial charge in [-0.3, -0.25) is 9.79 Å². The second kappa shape index (κ2) is 10.3. The number of carbonyl (C=O) groups is 1. The second-order valence-electron chi connectivity index (χ2n) is 13.9. The van der Waals surface area contributed by atoms with Crippen LogP contribution in [0.3, 0.4) is 0 Å². The first kappa shape index (κ1) is 28.4. The summed E-state index contributed by atoms with van der Waals surface area (Å²) in [4.78, 5) is 23.2. The maximum atomic E-state index is 13.8. The largest absolute Gasteiger partial charge is 0.441 e. The van der Waals surface area contributed by atoms with E-state index in [1.165, 1.54) is 11.8 Å². The zero-order valence-electron chi connectivity index (χ0n) is 25.0. The summed E-state index contributed by atoms with van der Waals surface area (Å²) in [5.41, 5.74) is 2.14. The van der Waals surface area contributed by atoms with E-state index < -0.39 is 17.1 Å². The Bertz CT molecular complexity index is 1590. The van der Waals surface area contributed by atoms with E-state index in [-0.39, 0.29) is 41.3 Å². The number of hydrogen-bond donors (Lipinski definition) is 3. The number of Topliss-reactive ketones (excluding diaryl/α,β-unsaturated/α-hetero) is 1. The van der Waals surface area contributed by atoms with Crippen molar-refractivity contribution in [2.24, 2.45) is 39.5 Å². The summed E-state index contributed by atoms with van der Waals surface area (Å²) >= 11 is 0. The van der Waals surface area contributed by atoms with E-state index in [1.54, 1.807) is 0 Å².